The fraction of sp³-hybridized carbons (Fsp3) is 0.235. The number of hydrogen-bond acceptors (Lipinski definition) is 2. The first-order valence-corrected chi connectivity index (χ1v) is 6.44. The summed E-state index contributed by atoms with van der Waals surface area (Å²) in [5.41, 5.74) is 3.59. The van der Waals surface area contributed by atoms with Crippen molar-refractivity contribution in [2.45, 2.75) is 20.3 Å². The van der Waals surface area contributed by atoms with Crippen molar-refractivity contribution in [2.24, 2.45) is 0 Å². The molecule has 2 nitrogen and oxygen atoms in total. The topological polar surface area (TPSA) is 26.3 Å². The Morgan fingerprint density at radius 1 is 1.11 bits per heavy atom. The smallest absolute Gasteiger partial charge is 0.193 e. The molecule has 2 aromatic rings. The Hall–Kier alpha value is -2.09. The molecule has 2 heteroatoms. The van der Waals surface area contributed by atoms with Gasteiger partial charge < -0.3 is 4.74 Å². The molecule has 0 aromatic heterocycles. The Morgan fingerprint density at radius 3 is 2.53 bits per heavy atom. The molecule has 0 N–H and O–H groups in total. The van der Waals surface area contributed by atoms with E-state index in [0.717, 1.165) is 23.3 Å². The van der Waals surface area contributed by atoms with Crippen LogP contribution in [0.4, 0.5) is 0 Å². The monoisotopic (exact) mass is 254 g/mol. The Kier molecular flexibility index (Phi) is 4.00. The van der Waals surface area contributed by atoms with Gasteiger partial charge in [-0.1, -0.05) is 37.3 Å². The minimum Gasteiger partial charge on any atom is -0.496 e. The summed E-state index contributed by atoms with van der Waals surface area (Å²) in [6.45, 7) is 4.04. The van der Waals surface area contributed by atoms with Gasteiger partial charge in [0.05, 0.1) is 7.11 Å². The number of rotatable bonds is 4. The van der Waals surface area contributed by atoms with Crippen LogP contribution in [-0.4, -0.2) is 12.9 Å². The molecule has 98 valence electrons. The van der Waals surface area contributed by atoms with E-state index in [1.807, 2.05) is 43.3 Å². The molecule has 0 aliphatic carbocycles. The lowest BCUT2D eigenvalue weighted by molar-refractivity contribution is 0.103. The molecular weight excluding hydrogens is 236 g/mol. The second-order valence-electron chi connectivity index (χ2n) is 4.57. The largest absolute Gasteiger partial charge is 0.496 e. The minimum absolute atomic E-state index is 0.0357. The van der Waals surface area contributed by atoms with E-state index in [0.29, 0.717) is 5.56 Å². The molecule has 0 amide bonds. The number of ketones is 1. The average molecular weight is 254 g/mol. The van der Waals surface area contributed by atoms with Gasteiger partial charge in [0.2, 0.25) is 0 Å². The summed E-state index contributed by atoms with van der Waals surface area (Å²) < 4.78 is 5.26. The van der Waals surface area contributed by atoms with E-state index in [2.05, 4.69) is 6.92 Å². The van der Waals surface area contributed by atoms with Crippen LogP contribution in [-0.2, 0) is 6.42 Å². The lowest BCUT2D eigenvalue weighted by Gasteiger charge is -2.08. The predicted octanol–water partition coefficient (Wildman–Crippen LogP) is 3.80. The van der Waals surface area contributed by atoms with E-state index in [9.17, 15) is 4.79 Å². The molecule has 0 bridgehead atoms. The minimum atomic E-state index is 0.0357. The van der Waals surface area contributed by atoms with Crippen molar-refractivity contribution in [3.63, 3.8) is 0 Å². The average Bonchev–Trinajstić information content (AvgIpc) is 2.47. The highest BCUT2D eigenvalue weighted by Crippen LogP contribution is 2.21. The summed E-state index contributed by atoms with van der Waals surface area (Å²) in [7, 11) is 1.62. The molecule has 0 aliphatic heterocycles. The van der Waals surface area contributed by atoms with Gasteiger partial charge >= 0.3 is 0 Å². The van der Waals surface area contributed by atoms with Gasteiger partial charge in [0.15, 0.2) is 5.78 Å². The number of hydrogen-bond donors (Lipinski definition) is 0. The van der Waals surface area contributed by atoms with Crippen molar-refractivity contribution < 1.29 is 9.53 Å². The Morgan fingerprint density at radius 2 is 1.84 bits per heavy atom. The third kappa shape index (κ3) is 2.84. The maximum absolute atomic E-state index is 12.4. The molecule has 2 aromatic carbocycles. The van der Waals surface area contributed by atoms with Crippen LogP contribution in [0.5, 0.6) is 5.75 Å². The van der Waals surface area contributed by atoms with E-state index < -0.39 is 0 Å². The lowest BCUT2D eigenvalue weighted by atomic mass is 9.99. The van der Waals surface area contributed by atoms with Crippen LogP contribution in [0, 0.1) is 6.92 Å². The Bertz CT molecular complexity index is 600. The lowest BCUT2D eigenvalue weighted by Crippen LogP contribution is -2.03. The predicted molar refractivity (Wildman–Crippen MR) is 77.0 cm³/mol. The second-order valence-corrected chi connectivity index (χ2v) is 4.57. The molecule has 0 aliphatic rings. The first-order valence-electron chi connectivity index (χ1n) is 6.44. The molecule has 0 fully saturated rings. The van der Waals surface area contributed by atoms with Gasteiger partial charge in [0, 0.05) is 11.1 Å². The van der Waals surface area contributed by atoms with Crippen molar-refractivity contribution in [3.05, 3.63) is 64.7 Å². The normalized spacial score (nSPS) is 10.3. The quantitative estimate of drug-likeness (QED) is 0.776. The maximum atomic E-state index is 12.4. The maximum Gasteiger partial charge on any atom is 0.193 e. The zero-order chi connectivity index (χ0) is 13.8. The summed E-state index contributed by atoms with van der Waals surface area (Å²) in [5, 5.41) is 0. The summed E-state index contributed by atoms with van der Waals surface area (Å²) in [6.07, 6.45) is 0.929. The van der Waals surface area contributed by atoms with Gasteiger partial charge in [-0.2, -0.15) is 0 Å². The summed E-state index contributed by atoms with van der Waals surface area (Å²) >= 11 is 0. The van der Waals surface area contributed by atoms with Crippen molar-refractivity contribution in [1.29, 1.82) is 0 Å². The number of carbonyl (C=O) groups excluding carboxylic acids is 1. The molecule has 0 atom stereocenters. The molecule has 2 rings (SSSR count). The van der Waals surface area contributed by atoms with E-state index in [4.69, 9.17) is 4.74 Å². The third-order valence-corrected chi connectivity index (χ3v) is 3.27. The molecule has 0 spiro atoms. The second kappa shape index (κ2) is 5.70. The highest BCUT2D eigenvalue weighted by Gasteiger charge is 2.11. The van der Waals surface area contributed by atoms with Gasteiger partial charge in [-0.15, -0.1) is 0 Å². The van der Waals surface area contributed by atoms with E-state index >= 15 is 0 Å². The molecular formula is C17H18O2. The number of ether oxygens (including phenoxy) is 1. The zero-order valence-electron chi connectivity index (χ0n) is 11.6. The van der Waals surface area contributed by atoms with Crippen molar-refractivity contribution in [2.75, 3.05) is 7.11 Å². The summed E-state index contributed by atoms with van der Waals surface area (Å²) in [6, 6.07) is 13.3. The first kappa shape index (κ1) is 13.3. The van der Waals surface area contributed by atoms with Crippen LogP contribution in [0.1, 0.15) is 34.0 Å². The number of aryl methyl sites for hydroxylation is 2. The molecule has 0 radical (unpaired) electrons. The van der Waals surface area contributed by atoms with Crippen LogP contribution in [0.2, 0.25) is 0 Å². The number of benzene rings is 2. The van der Waals surface area contributed by atoms with Crippen LogP contribution in [0.15, 0.2) is 42.5 Å². The van der Waals surface area contributed by atoms with Crippen molar-refractivity contribution >= 4 is 5.78 Å². The molecule has 0 saturated heterocycles. The highest BCUT2D eigenvalue weighted by atomic mass is 16.5. The van der Waals surface area contributed by atoms with Crippen LogP contribution < -0.4 is 4.74 Å². The van der Waals surface area contributed by atoms with E-state index in [1.165, 1.54) is 5.56 Å². The van der Waals surface area contributed by atoms with Crippen LogP contribution in [0.3, 0.4) is 0 Å². The summed E-state index contributed by atoms with van der Waals surface area (Å²) in [4.78, 5) is 12.4. The molecule has 0 heterocycles. The number of methoxy groups -OCH3 is 1. The fourth-order valence-electron chi connectivity index (χ4n) is 2.06. The summed E-state index contributed by atoms with van der Waals surface area (Å²) in [5.74, 6) is 0.783. The van der Waals surface area contributed by atoms with Crippen molar-refractivity contribution in [3.8, 4) is 5.75 Å². The highest BCUT2D eigenvalue weighted by molar-refractivity contribution is 6.09. The third-order valence-electron chi connectivity index (χ3n) is 3.27. The number of carbonyl (C=O) groups is 1. The van der Waals surface area contributed by atoms with Gasteiger partial charge in [-0.25, -0.2) is 0 Å². The molecule has 0 unspecified atom stereocenters. The van der Waals surface area contributed by atoms with E-state index in [1.54, 1.807) is 13.2 Å². The SMILES string of the molecule is CCc1cccc(C(=O)c2ccc(C)c(OC)c2)c1. The van der Waals surface area contributed by atoms with Gasteiger partial charge in [0.1, 0.15) is 5.75 Å². The Balaban J connectivity index is 2.38. The molecule has 19 heavy (non-hydrogen) atoms. The zero-order valence-corrected chi connectivity index (χ0v) is 11.6. The molecule has 0 saturated carbocycles. The van der Waals surface area contributed by atoms with Gasteiger partial charge in [-0.3, -0.25) is 4.79 Å². The van der Waals surface area contributed by atoms with Gasteiger partial charge in [0.25, 0.3) is 0 Å². The van der Waals surface area contributed by atoms with E-state index in [-0.39, 0.29) is 5.78 Å². The standard InChI is InChI=1S/C17H18O2/c1-4-13-6-5-7-14(10-13)17(18)15-9-8-12(2)16(11-15)19-3/h5-11H,4H2,1-3H3. The first-order chi connectivity index (χ1) is 9.15. The van der Waals surface area contributed by atoms with Crippen LogP contribution in [0.25, 0.3) is 0 Å². The Labute approximate surface area is 114 Å². The van der Waals surface area contributed by atoms with Crippen LogP contribution >= 0.6 is 0 Å². The fourth-order valence-corrected chi connectivity index (χ4v) is 2.06. The van der Waals surface area contributed by atoms with Crippen molar-refractivity contribution in [1.82, 2.24) is 0 Å². The van der Waals surface area contributed by atoms with Gasteiger partial charge in [-0.05, 0) is 36.6 Å².